The molecule has 108 valence electrons. The van der Waals surface area contributed by atoms with Crippen LogP contribution in [0.4, 0.5) is 5.69 Å². The second-order valence-corrected chi connectivity index (χ2v) is 7.25. The van der Waals surface area contributed by atoms with Gasteiger partial charge < -0.3 is 10.0 Å². The van der Waals surface area contributed by atoms with Crippen LogP contribution in [0, 0.1) is 6.92 Å². The second-order valence-electron chi connectivity index (χ2n) is 4.92. The van der Waals surface area contributed by atoms with Crippen LogP contribution in [0.25, 0.3) is 0 Å². The summed E-state index contributed by atoms with van der Waals surface area (Å²) in [6, 6.07) is 4.05. The second kappa shape index (κ2) is 6.18. The lowest BCUT2D eigenvalue weighted by molar-refractivity contribution is -0.138. The number of halogens is 1. The molecule has 0 fully saturated rings. The zero-order valence-corrected chi connectivity index (χ0v) is 13.8. The number of hydrogen-bond donors (Lipinski definition) is 1. The van der Waals surface area contributed by atoms with E-state index in [2.05, 4.69) is 28.9 Å². The summed E-state index contributed by atoms with van der Waals surface area (Å²) in [5, 5.41) is 9.01. The van der Waals surface area contributed by atoms with Crippen molar-refractivity contribution in [3.63, 3.8) is 0 Å². The van der Waals surface area contributed by atoms with E-state index in [-0.39, 0.29) is 18.7 Å². The maximum absolute atomic E-state index is 12.3. The van der Waals surface area contributed by atoms with Crippen LogP contribution in [0.5, 0.6) is 0 Å². The van der Waals surface area contributed by atoms with E-state index in [4.69, 9.17) is 5.11 Å². The maximum atomic E-state index is 12.3. The molecule has 1 atom stereocenters. The summed E-state index contributed by atoms with van der Waals surface area (Å²) >= 11 is 5.26. The highest BCUT2D eigenvalue weighted by molar-refractivity contribution is 9.10. The Bertz CT molecular complexity index is 562. The molecule has 1 heterocycles. The number of benzene rings is 1. The van der Waals surface area contributed by atoms with Crippen molar-refractivity contribution < 1.29 is 14.7 Å². The summed E-state index contributed by atoms with van der Waals surface area (Å²) in [4.78, 5) is 25.7. The number of thioether (sulfide) groups is 1. The van der Waals surface area contributed by atoms with Gasteiger partial charge in [0, 0.05) is 27.6 Å². The van der Waals surface area contributed by atoms with Gasteiger partial charge in [0.25, 0.3) is 0 Å². The van der Waals surface area contributed by atoms with Crippen molar-refractivity contribution in [1.29, 1.82) is 0 Å². The fraction of sp³-hybridized carbons (Fsp3) is 0.429. The van der Waals surface area contributed by atoms with Crippen LogP contribution < -0.4 is 4.90 Å². The lowest BCUT2D eigenvalue weighted by Crippen LogP contribution is -2.39. The lowest BCUT2D eigenvalue weighted by atomic mass is 10.1. The van der Waals surface area contributed by atoms with Gasteiger partial charge in [-0.25, -0.2) is 0 Å². The summed E-state index contributed by atoms with van der Waals surface area (Å²) in [6.45, 7) is 4.70. The Hall–Kier alpha value is -1.01. The third-order valence-electron chi connectivity index (χ3n) is 3.06. The number of anilines is 1. The van der Waals surface area contributed by atoms with Crippen LogP contribution in [0.2, 0.25) is 0 Å². The van der Waals surface area contributed by atoms with Gasteiger partial charge >= 0.3 is 5.97 Å². The summed E-state index contributed by atoms with van der Waals surface area (Å²) in [5.41, 5.74) is 2.00. The smallest absolute Gasteiger partial charge is 0.303 e. The molecule has 0 aliphatic carbocycles. The van der Waals surface area contributed by atoms with E-state index in [1.165, 1.54) is 0 Å². The molecular weight excluding hydrogens is 342 g/mol. The number of amides is 1. The molecule has 1 aliphatic rings. The molecule has 1 aromatic rings. The predicted octanol–water partition coefficient (Wildman–Crippen LogP) is 3.45. The summed E-state index contributed by atoms with van der Waals surface area (Å²) in [5.74, 6) is -1.08. The SMILES string of the molecule is Cc1cc(Br)c2c(c1)SC(C)CN2C(=O)CCC(=O)O. The number of aliphatic carboxylic acids is 1. The highest BCUT2D eigenvalue weighted by atomic mass is 79.9. The molecule has 20 heavy (non-hydrogen) atoms. The van der Waals surface area contributed by atoms with Crippen LogP contribution in [0.3, 0.4) is 0 Å². The number of carboxylic acids is 1. The molecule has 4 nitrogen and oxygen atoms in total. The number of nitrogens with zero attached hydrogens (tertiary/aromatic N) is 1. The minimum absolute atomic E-state index is 0.0342. The molecule has 6 heteroatoms. The number of carboxylic acid groups (broad SMARTS) is 1. The Kier molecular flexibility index (Phi) is 4.75. The number of aryl methyl sites for hydroxylation is 1. The molecule has 0 bridgehead atoms. The monoisotopic (exact) mass is 357 g/mol. The van der Waals surface area contributed by atoms with Crippen molar-refractivity contribution in [2.75, 3.05) is 11.4 Å². The zero-order valence-electron chi connectivity index (χ0n) is 11.4. The fourth-order valence-electron chi connectivity index (χ4n) is 2.23. The van der Waals surface area contributed by atoms with Gasteiger partial charge in [0.2, 0.25) is 5.91 Å². The molecule has 0 saturated heterocycles. The van der Waals surface area contributed by atoms with Gasteiger partial charge in [-0.2, -0.15) is 0 Å². The van der Waals surface area contributed by atoms with Gasteiger partial charge in [-0.1, -0.05) is 6.92 Å². The van der Waals surface area contributed by atoms with E-state index < -0.39 is 5.97 Å². The molecule has 0 saturated carbocycles. The van der Waals surface area contributed by atoms with Gasteiger partial charge in [0.1, 0.15) is 0 Å². The van der Waals surface area contributed by atoms with Crippen LogP contribution >= 0.6 is 27.7 Å². The summed E-state index contributed by atoms with van der Waals surface area (Å²) in [6.07, 6.45) is -0.0951. The van der Waals surface area contributed by atoms with E-state index in [1.807, 2.05) is 13.0 Å². The topological polar surface area (TPSA) is 57.6 Å². The van der Waals surface area contributed by atoms with Gasteiger partial charge in [-0.05, 0) is 40.5 Å². The molecule has 0 aromatic heterocycles. The largest absolute Gasteiger partial charge is 0.481 e. The van der Waals surface area contributed by atoms with Gasteiger partial charge in [0.15, 0.2) is 0 Å². The van der Waals surface area contributed by atoms with Crippen LogP contribution in [-0.4, -0.2) is 28.8 Å². The van der Waals surface area contributed by atoms with Gasteiger partial charge in [0.05, 0.1) is 12.1 Å². The number of fused-ring (bicyclic) bond motifs is 1. The highest BCUT2D eigenvalue weighted by Crippen LogP contribution is 2.43. The van der Waals surface area contributed by atoms with E-state index in [0.717, 1.165) is 20.6 Å². The third-order valence-corrected chi connectivity index (χ3v) is 4.79. The summed E-state index contributed by atoms with van der Waals surface area (Å²) < 4.78 is 0.885. The van der Waals surface area contributed by atoms with Crippen molar-refractivity contribution >= 4 is 45.3 Å². The van der Waals surface area contributed by atoms with E-state index in [0.29, 0.717) is 11.8 Å². The molecule has 1 amide bonds. The Morgan fingerprint density at radius 2 is 2.15 bits per heavy atom. The quantitative estimate of drug-likeness (QED) is 0.899. The molecule has 2 rings (SSSR count). The first-order valence-electron chi connectivity index (χ1n) is 6.37. The van der Waals surface area contributed by atoms with E-state index in [1.54, 1.807) is 16.7 Å². The minimum atomic E-state index is -0.944. The van der Waals surface area contributed by atoms with Crippen LogP contribution in [0.15, 0.2) is 21.5 Å². The number of carbonyl (C=O) groups is 2. The first-order valence-corrected chi connectivity index (χ1v) is 8.04. The van der Waals surface area contributed by atoms with E-state index >= 15 is 0 Å². The Balaban J connectivity index is 2.32. The minimum Gasteiger partial charge on any atom is -0.481 e. The molecule has 0 radical (unpaired) electrons. The average Bonchev–Trinajstić information content (AvgIpc) is 2.33. The predicted molar refractivity (Wildman–Crippen MR) is 83.4 cm³/mol. The number of carbonyl (C=O) groups excluding carboxylic acids is 1. The third kappa shape index (κ3) is 3.35. The Morgan fingerprint density at radius 3 is 2.80 bits per heavy atom. The van der Waals surface area contributed by atoms with Crippen molar-refractivity contribution in [3.05, 3.63) is 22.2 Å². The maximum Gasteiger partial charge on any atom is 0.303 e. The Labute approximate surface area is 130 Å². The molecular formula is C14H16BrNO3S. The van der Waals surface area contributed by atoms with Gasteiger partial charge in [-0.15, -0.1) is 11.8 Å². The van der Waals surface area contributed by atoms with Crippen LogP contribution in [-0.2, 0) is 9.59 Å². The highest BCUT2D eigenvalue weighted by Gasteiger charge is 2.29. The fourth-order valence-corrected chi connectivity index (χ4v) is 4.40. The van der Waals surface area contributed by atoms with Crippen LogP contribution in [0.1, 0.15) is 25.3 Å². The zero-order chi connectivity index (χ0) is 14.9. The molecule has 1 aromatic carbocycles. The molecule has 0 spiro atoms. The number of hydrogen-bond acceptors (Lipinski definition) is 3. The number of rotatable bonds is 3. The first-order chi connectivity index (χ1) is 9.38. The van der Waals surface area contributed by atoms with Gasteiger partial charge in [-0.3, -0.25) is 9.59 Å². The lowest BCUT2D eigenvalue weighted by Gasteiger charge is -2.33. The Morgan fingerprint density at radius 1 is 1.45 bits per heavy atom. The normalized spacial score (nSPS) is 17.8. The van der Waals surface area contributed by atoms with Crippen molar-refractivity contribution in [1.82, 2.24) is 0 Å². The van der Waals surface area contributed by atoms with Crippen molar-refractivity contribution in [3.8, 4) is 0 Å². The van der Waals surface area contributed by atoms with E-state index in [9.17, 15) is 9.59 Å². The first kappa shape index (κ1) is 15.4. The van der Waals surface area contributed by atoms with Crippen molar-refractivity contribution in [2.24, 2.45) is 0 Å². The standard InChI is InChI=1S/C14H16BrNO3S/c1-8-5-10(15)14-11(6-8)20-9(2)7-16(14)12(17)3-4-13(18)19/h5-6,9H,3-4,7H2,1-2H3,(H,18,19). The van der Waals surface area contributed by atoms with Crippen molar-refractivity contribution in [2.45, 2.75) is 36.8 Å². The molecule has 1 N–H and O–H groups in total. The molecule has 1 unspecified atom stereocenters. The summed E-state index contributed by atoms with van der Waals surface area (Å²) in [7, 11) is 0. The molecule has 1 aliphatic heterocycles. The average molecular weight is 358 g/mol.